The van der Waals surface area contributed by atoms with Crippen LogP contribution in [0.15, 0.2) is 182 Å². The largest absolute Gasteiger partial charge is 0.369 e. The van der Waals surface area contributed by atoms with Crippen molar-refractivity contribution >= 4 is 33.4 Å². The van der Waals surface area contributed by atoms with E-state index in [-0.39, 0.29) is 5.91 Å². The van der Waals surface area contributed by atoms with E-state index in [1.807, 2.05) is 78.9 Å². The summed E-state index contributed by atoms with van der Waals surface area (Å²) in [5, 5.41) is 14.7. The van der Waals surface area contributed by atoms with Crippen LogP contribution in [0.5, 0.6) is 0 Å². The third-order valence-electron chi connectivity index (χ3n) is 11.3. The quantitative estimate of drug-likeness (QED) is 0.186. The van der Waals surface area contributed by atoms with Crippen molar-refractivity contribution in [1.29, 1.82) is 0 Å². The molecule has 0 radical (unpaired) electrons. The van der Waals surface area contributed by atoms with Gasteiger partial charge in [-0.3, -0.25) is 9.69 Å². The minimum atomic E-state index is -1.23. The van der Waals surface area contributed by atoms with Gasteiger partial charge in [0.25, 0.3) is 5.91 Å². The molecule has 0 aliphatic carbocycles. The Hall–Kier alpha value is -7.01. The summed E-state index contributed by atoms with van der Waals surface area (Å²) in [6, 6.07) is 62.3. The van der Waals surface area contributed by atoms with E-state index in [2.05, 4.69) is 122 Å². The van der Waals surface area contributed by atoms with E-state index in [0.29, 0.717) is 16.8 Å². The van der Waals surface area contributed by atoms with Gasteiger partial charge in [-0.1, -0.05) is 163 Å². The number of fused-ring (bicyclic) bond motifs is 4. The number of carbonyl (C=O) groups excluding carboxylic acids is 1. The lowest BCUT2D eigenvalue weighted by Gasteiger charge is -2.28. The minimum absolute atomic E-state index is 0.250. The van der Waals surface area contributed by atoms with E-state index < -0.39 is 6.23 Å². The molecule has 1 amide bonds. The first-order valence-corrected chi connectivity index (χ1v) is 19.1. The van der Waals surface area contributed by atoms with Gasteiger partial charge in [0, 0.05) is 33.0 Å². The normalized spacial score (nSPS) is 13.8. The van der Waals surface area contributed by atoms with E-state index in [0.717, 1.165) is 72.0 Å². The number of benzene rings is 8. The molecular weight excluding hydrogens is 685 g/mol. The number of aromatic nitrogens is 1. The van der Waals surface area contributed by atoms with Crippen molar-refractivity contribution in [2.45, 2.75) is 20.1 Å². The number of rotatable bonds is 6. The van der Waals surface area contributed by atoms with Crippen LogP contribution in [0, 0.1) is 13.8 Å². The number of hydrogen-bond acceptors (Lipinski definition) is 2. The molecule has 1 aliphatic rings. The Morgan fingerprint density at radius 1 is 0.500 bits per heavy atom. The molecule has 8 aromatic carbocycles. The molecule has 1 atom stereocenters. The maximum Gasteiger partial charge on any atom is 0.263 e. The number of carbonyl (C=O) groups is 1. The molecule has 9 aromatic rings. The van der Waals surface area contributed by atoms with Crippen LogP contribution >= 0.6 is 0 Å². The summed E-state index contributed by atoms with van der Waals surface area (Å²) in [5.41, 5.74) is 14.8. The van der Waals surface area contributed by atoms with Gasteiger partial charge in [0.05, 0.1) is 28.0 Å². The molecule has 0 saturated carbocycles. The summed E-state index contributed by atoms with van der Waals surface area (Å²) in [6.07, 6.45) is -1.23. The summed E-state index contributed by atoms with van der Waals surface area (Å²) in [4.78, 5) is 17.1. The van der Waals surface area contributed by atoms with Crippen LogP contribution < -0.4 is 4.90 Å². The molecular formula is C52H38N2O2. The van der Waals surface area contributed by atoms with Gasteiger partial charge in [-0.05, 0) is 71.5 Å². The van der Waals surface area contributed by atoms with Crippen LogP contribution in [0.2, 0.25) is 0 Å². The van der Waals surface area contributed by atoms with Gasteiger partial charge >= 0.3 is 0 Å². The first-order chi connectivity index (χ1) is 27.5. The van der Waals surface area contributed by atoms with Gasteiger partial charge in [0.15, 0.2) is 6.23 Å². The number of anilines is 1. The lowest BCUT2D eigenvalue weighted by molar-refractivity contribution is 0.0935. The SMILES string of the molecule is Cc1ccc(-c2cccc3c4ccccc4n(-c4cccc5c4C(=O)N(c4c(-c6ccccc6)cc(-c6ccccc6)cc4-c4ccccc4)C5O)c23)c(C)c1. The van der Waals surface area contributed by atoms with Gasteiger partial charge in [-0.15, -0.1) is 0 Å². The zero-order valence-corrected chi connectivity index (χ0v) is 31.1. The van der Waals surface area contributed by atoms with Crippen LogP contribution in [0.25, 0.3) is 72.0 Å². The predicted octanol–water partition coefficient (Wildman–Crippen LogP) is 12.7. The van der Waals surface area contributed by atoms with Crippen LogP contribution in [-0.2, 0) is 0 Å². The number of aliphatic hydroxyl groups is 1. The summed E-state index contributed by atoms with van der Waals surface area (Å²) >= 11 is 0. The van der Waals surface area contributed by atoms with E-state index in [4.69, 9.17) is 0 Å². The van der Waals surface area contributed by atoms with Crippen LogP contribution in [0.3, 0.4) is 0 Å². The van der Waals surface area contributed by atoms with Gasteiger partial charge in [-0.2, -0.15) is 0 Å². The Bertz CT molecular complexity index is 2910. The standard InChI is InChI=1S/C52H38N2O2/c1-33-28-29-39(34(2)30-33)41-23-14-24-42-40-22-12-13-26-46(40)53(49(41)42)47-27-15-25-43-48(47)52(56)54(51(43)55)50-44(36-18-8-4-9-19-36)31-38(35-16-6-3-7-17-35)32-45(50)37-20-10-5-11-21-37/h3-32,51,55H,1-2H3. The van der Waals surface area contributed by atoms with Crippen molar-refractivity contribution in [1.82, 2.24) is 4.57 Å². The Morgan fingerprint density at radius 2 is 1.09 bits per heavy atom. The molecule has 10 rings (SSSR count). The van der Waals surface area contributed by atoms with Crippen LogP contribution in [-0.4, -0.2) is 15.6 Å². The zero-order chi connectivity index (χ0) is 37.9. The Morgan fingerprint density at radius 3 is 1.75 bits per heavy atom. The Kier molecular flexibility index (Phi) is 8.02. The lowest BCUT2D eigenvalue weighted by atomic mass is 9.90. The number of aryl methyl sites for hydroxylation is 2. The molecule has 268 valence electrons. The van der Waals surface area contributed by atoms with Gasteiger partial charge in [-0.25, -0.2) is 0 Å². The number of nitrogens with zero attached hydrogens (tertiary/aromatic N) is 2. The van der Waals surface area contributed by atoms with Gasteiger partial charge < -0.3 is 9.67 Å². The number of aliphatic hydroxyl groups excluding tert-OH is 1. The second-order valence-electron chi connectivity index (χ2n) is 14.7. The lowest BCUT2D eigenvalue weighted by Crippen LogP contribution is -2.29. The van der Waals surface area contributed by atoms with Crippen molar-refractivity contribution in [3.63, 3.8) is 0 Å². The first kappa shape index (κ1) is 33.6. The van der Waals surface area contributed by atoms with Crippen LogP contribution in [0.4, 0.5) is 5.69 Å². The van der Waals surface area contributed by atoms with Crippen molar-refractivity contribution in [2.24, 2.45) is 0 Å². The fraction of sp³-hybridized carbons (Fsp3) is 0.0577. The monoisotopic (exact) mass is 722 g/mol. The predicted molar refractivity (Wildman–Crippen MR) is 230 cm³/mol. The van der Waals surface area contributed by atoms with E-state index in [1.165, 1.54) is 11.1 Å². The van der Waals surface area contributed by atoms with E-state index in [1.54, 1.807) is 4.90 Å². The molecule has 0 bridgehead atoms. The molecule has 1 unspecified atom stereocenters. The summed E-state index contributed by atoms with van der Waals surface area (Å²) in [5.74, 6) is -0.250. The fourth-order valence-electron chi connectivity index (χ4n) is 8.76. The number of amides is 1. The molecule has 4 nitrogen and oxygen atoms in total. The minimum Gasteiger partial charge on any atom is -0.369 e. The maximum absolute atomic E-state index is 15.5. The molecule has 4 heteroatoms. The third-order valence-corrected chi connectivity index (χ3v) is 11.3. The van der Waals surface area contributed by atoms with Crippen molar-refractivity contribution in [2.75, 3.05) is 4.90 Å². The highest BCUT2D eigenvalue weighted by Gasteiger charge is 2.41. The average molecular weight is 723 g/mol. The van der Waals surface area contributed by atoms with Crippen LogP contribution in [0.1, 0.15) is 33.3 Å². The highest BCUT2D eigenvalue weighted by Crippen LogP contribution is 2.50. The molecule has 1 N–H and O–H groups in total. The second-order valence-corrected chi connectivity index (χ2v) is 14.7. The van der Waals surface area contributed by atoms with Crippen molar-refractivity contribution in [3.05, 3.63) is 204 Å². The second kappa shape index (κ2) is 13.4. The summed E-state index contributed by atoms with van der Waals surface area (Å²) in [6.45, 7) is 4.27. The molecule has 0 saturated heterocycles. The fourth-order valence-corrected chi connectivity index (χ4v) is 8.76. The average Bonchev–Trinajstić information content (AvgIpc) is 3.72. The Balaban J connectivity index is 1.25. The highest BCUT2D eigenvalue weighted by atomic mass is 16.3. The van der Waals surface area contributed by atoms with E-state index >= 15 is 4.79 Å². The third kappa shape index (κ3) is 5.30. The number of hydrogen-bond donors (Lipinski definition) is 1. The van der Waals surface area contributed by atoms with Crippen molar-refractivity contribution < 1.29 is 9.90 Å². The highest BCUT2D eigenvalue weighted by molar-refractivity contribution is 6.19. The van der Waals surface area contributed by atoms with Gasteiger partial charge in [0.1, 0.15) is 0 Å². The first-order valence-electron chi connectivity index (χ1n) is 19.1. The molecule has 0 spiro atoms. The smallest absolute Gasteiger partial charge is 0.263 e. The van der Waals surface area contributed by atoms with Crippen molar-refractivity contribution in [3.8, 4) is 50.2 Å². The molecule has 56 heavy (non-hydrogen) atoms. The topological polar surface area (TPSA) is 45.5 Å². The summed E-state index contributed by atoms with van der Waals surface area (Å²) < 4.78 is 2.24. The summed E-state index contributed by atoms with van der Waals surface area (Å²) in [7, 11) is 0. The maximum atomic E-state index is 15.5. The van der Waals surface area contributed by atoms with E-state index in [9.17, 15) is 5.11 Å². The molecule has 0 fully saturated rings. The van der Waals surface area contributed by atoms with Gasteiger partial charge in [0.2, 0.25) is 0 Å². The number of para-hydroxylation sites is 2. The molecule has 1 aromatic heterocycles. The molecule has 1 aliphatic heterocycles. The zero-order valence-electron chi connectivity index (χ0n) is 31.1. The Labute approximate surface area is 326 Å². The molecule has 2 heterocycles.